The summed E-state index contributed by atoms with van der Waals surface area (Å²) in [5.74, 6) is 1.59. The van der Waals surface area contributed by atoms with E-state index in [4.69, 9.17) is 25.9 Å². The molecule has 4 fully saturated rings. The highest BCUT2D eigenvalue weighted by molar-refractivity contribution is 6.03. The van der Waals surface area contributed by atoms with Gasteiger partial charge >= 0.3 is 12.1 Å². The van der Waals surface area contributed by atoms with E-state index in [1.54, 1.807) is 24.3 Å². The number of aromatic nitrogens is 3. The second kappa shape index (κ2) is 10.7. The van der Waals surface area contributed by atoms with Crippen LogP contribution in [0.1, 0.15) is 44.6 Å². The van der Waals surface area contributed by atoms with Gasteiger partial charge in [0.05, 0.1) is 29.2 Å². The van der Waals surface area contributed by atoms with Crippen molar-refractivity contribution in [2.45, 2.75) is 68.8 Å². The molecule has 1 amide bonds. The lowest BCUT2D eigenvalue weighted by Gasteiger charge is -2.47. The van der Waals surface area contributed by atoms with Crippen LogP contribution >= 0.6 is 0 Å². The second-order valence-corrected chi connectivity index (χ2v) is 14.0. The van der Waals surface area contributed by atoms with Gasteiger partial charge < -0.3 is 19.5 Å². The molecule has 10 nitrogen and oxygen atoms in total. The summed E-state index contributed by atoms with van der Waals surface area (Å²) in [5.41, 5.74) is 1.08. The third-order valence-electron chi connectivity index (χ3n) is 11.3. The molecule has 5 atom stereocenters. The zero-order chi connectivity index (χ0) is 33.8. The number of nitrogens with zero attached hydrogens (tertiary/aromatic N) is 6. The molecular weight excluding hydrogens is 630 g/mol. The highest BCUT2D eigenvalue weighted by atomic mass is 19.1. The Labute approximate surface area is 281 Å². The zero-order valence-corrected chi connectivity index (χ0v) is 27.0. The van der Waals surface area contributed by atoms with Gasteiger partial charge in [0.2, 0.25) is 5.88 Å². The van der Waals surface area contributed by atoms with E-state index in [1.165, 1.54) is 11.0 Å². The van der Waals surface area contributed by atoms with E-state index in [0.717, 1.165) is 37.9 Å². The number of hydrogen-bond donors (Lipinski definition) is 1. The molecule has 5 aliphatic heterocycles. The lowest BCUT2D eigenvalue weighted by molar-refractivity contribution is 0.0706. The molecule has 2 bridgehead atoms. The minimum absolute atomic E-state index is 0.00222. The first-order valence-electron chi connectivity index (χ1n) is 16.8. The molecule has 9 rings (SSSR count). The van der Waals surface area contributed by atoms with Gasteiger partial charge in [-0.3, -0.25) is 9.80 Å². The van der Waals surface area contributed by atoms with Crippen molar-refractivity contribution >= 4 is 33.6 Å². The van der Waals surface area contributed by atoms with E-state index in [2.05, 4.69) is 22.4 Å². The number of carbonyl (C=O) groups is 1. The maximum atomic E-state index is 17.2. The number of benzene rings is 2. The first-order chi connectivity index (χ1) is 23.7. The summed E-state index contributed by atoms with van der Waals surface area (Å²) in [6.45, 7) is 8.53. The smallest absolute Gasteiger partial charge is 0.407 e. The summed E-state index contributed by atoms with van der Waals surface area (Å²) < 4.78 is 45.2. The van der Waals surface area contributed by atoms with Crippen molar-refractivity contribution in [2.75, 3.05) is 31.1 Å². The van der Waals surface area contributed by atoms with Crippen molar-refractivity contribution in [3.05, 3.63) is 59.7 Å². The van der Waals surface area contributed by atoms with Gasteiger partial charge in [0, 0.05) is 24.0 Å². The second-order valence-electron chi connectivity index (χ2n) is 14.0. The van der Waals surface area contributed by atoms with Crippen LogP contribution in [0.5, 0.6) is 11.9 Å². The van der Waals surface area contributed by atoms with E-state index in [-0.39, 0.29) is 51.7 Å². The summed E-state index contributed by atoms with van der Waals surface area (Å²) in [6.07, 6.45) is 8.40. The molecule has 0 radical (unpaired) electrons. The molecule has 0 saturated carbocycles. The maximum absolute atomic E-state index is 17.2. The van der Waals surface area contributed by atoms with Crippen molar-refractivity contribution < 1.29 is 28.2 Å². The molecular formula is C37H34F2N6O4. The minimum atomic E-state index is -0.976. The van der Waals surface area contributed by atoms with E-state index in [9.17, 15) is 9.90 Å². The number of fused-ring (bicyclic) bond motifs is 7. The number of piperazine rings is 1. The predicted octanol–water partition coefficient (Wildman–Crippen LogP) is 5.76. The molecule has 2 aromatic heterocycles. The first kappa shape index (κ1) is 30.1. The average molecular weight is 665 g/mol. The molecule has 0 aliphatic carbocycles. The van der Waals surface area contributed by atoms with Crippen LogP contribution in [-0.2, 0) is 0 Å². The Balaban J connectivity index is 1.25. The Morgan fingerprint density at radius 1 is 1.20 bits per heavy atom. The molecule has 4 saturated heterocycles. The van der Waals surface area contributed by atoms with Crippen LogP contribution in [0.4, 0.5) is 19.4 Å². The van der Waals surface area contributed by atoms with Gasteiger partial charge in [-0.25, -0.2) is 18.6 Å². The van der Waals surface area contributed by atoms with E-state index >= 15 is 8.78 Å². The van der Waals surface area contributed by atoms with E-state index in [1.807, 2.05) is 11.8 Å². The van der Waals surface area contributed by atoms with Crippen LogP contribution in [0, 0.1) is 24.0 Å². The number of amides is 1. The van der Waals surface area contributed by atoms with Crippen LogP contribution in [0.25, 0.3) is 32.9 Å². The van der Waals surface area contributed by atoms with Crippen molar-refractivity contribution in [1.29, 1.82) is 0 Å². The summed E-state index contributed by atoms with van der Waals surface area (Å²) in [4.78, 5) is 32.7. The number of carboxylic acid groups (broad SMARTS) is 1. The van der Waals surface area contributed by atoms with Crippen LogP contribution in [-0.4, -0.2) is 92.0 Å². The monoisotopic (exact) mass is 664 g/mol. The Hall–Kier alpha value is -5.02. The Kier molecular flexibility index (Phi) is 6.59. The van der Waals surface area contributed by atoms with Gasteiger partial charge in [-0.05, 0) is 57.0 Å². The third kappa shape index (κ3) is 4.34. The Morgan fingerprint density at radius 3 is 2.88 bits per heavy atom. The molecule has 5 aliphatic rings. The number of terminal acetylenes is 1. The Morgan fingerprint density at radius 2 is 2.06 bits per heavy atom. The fourth-order valence-electron chi connectivity index (χ4n) is 9.30. The highest BCUT2D eigenvalue weighted by Gasteiger charge is 2.53. The fourth-order valence-corrected chi connectivity index (χ4v) is 9.30. The van der Waals surface area contributed by atoms with E-state index in [0.29, 0.717) is 48.1 Å². The molecule has 4 unspecified atom stereocenters. The molecule has 0 spiro atoms. The number of rotatable bonds is 4. The van der Waals surface area contributed by atoms with Gasteiger partial charge in [0.25, 0.3) is 0 Å². The van der Waals surface area contributed by atoms with Crippen LogP contribution in [0.2, 0.25) is 0 Å². The van der Waals surface area contributed by atoms with Crippen molar-refractivity contribution in [3.8, 4) is 35.5 Å². The molecule has 250 valence electrons. The van der Waals surface area contributed by atoms with E-state index < -0.39 is 29.9 Å². The number of ether oxygens (including phenoxy) is 2. The van der Waals surface area contributed by atoms with Crippen molar-refractivity contribution in [3.63, 3.8) is 0 Å². The van der Waals surface area contributed by atoms with Gasteiger partial charge in [-0.15, -0.1) is 6.42 Å². The average Bonchev–Trinajstić information content (AvgIpc) is 3.69. The largest absolute Gasteiger partial charge is 0.472 e. The summed E-state index contributed by atoms with van der Waals surface area (Å²) in [5, 5.41) is 11.4. The van der Waals surface area contributed by atoms with Crippen molar-refractivity contribution in [1.82, 2.24) is 24.8 Å². The molecule has 1 N–H and O–H groups in total. The normalized spacial score (nSPS) is 27.2. The molecule has 49 heavy (non-hydrogen) atoms. The van der Waals surface area contributed by atoms with Gasteiger partial charge in [0.1, 0.15) is 40.9 Å². The minimum Gasteiger partial charge on any atom is -0.472 e. The van der Waals surface area contributed by atoms with Crippen LogP contribution in [0.15, 0.2) is 42.5 Å². The highest BCUT2D eigenvalue weighted by Crippen LogP contribution is 2.47. The molecule has 4 aromatic rings. The first-order valence-corrected chi connectivity index (χ1v) is 16.8. The number of pyridine rings is 1. The number of anilines is 1. The zero-order valence-electron chi connectivity index (χ0n) is 27.0. The fraction of sp³-hybridized carbons (Fsp3) is 0.405. The lowest BCUT2D eigenvalue weighted by Crippen LogP contribution is -2.64. The van der Waals surface area contributed by atoms with Crippen LogP contribution in [0.3, 0.4) is 0 Å². The molecule has 12 heteroatoms. The lowest BCUT2D eigenvalue weighted by atomic mass is 9.94. The summed E-state index contributed by atoms with van der Waals surface area (Å²) in [6, 6.07) is 7.02. The predicted molar refractivity (Wildman–Crippen MR) is 179 cm³/mol. The number of hydrogen-bond acceptors (Lipinski definition) is 8. The third-order valence-corrected chi connectivity index (χ3v) is 11.3. The van der Waals surface area contributed by atoms with Gasteiger partial charge in [-0.1, -0.05) is 42.3 Å². The van der Waals surface area contributed by atoms with Crippen molar-refractivity contribution in [2.24, 2.45) is 0 Å². The SMILES string of the molecule is C#Cc1c(F)ccc2cccc(-c3nc4c5c(nc(OC[C@]67CCCN6CC(=C)C7)nc5c3F)N3CC5CCC(C3C(C)O4)N5C(=O)O)c12. The van der Waals surface area contributed by atoms with Gasteiger partial charge in [0.15, 0.2) is 5.82 Å². The summed E-state index contributed by atoms with van der Waals surface area (Å²) >= 11 is 0. The number of halogens is 2. The molecule has 7 heterocycles. The maximum Gasteiger partial charge on any atom is 0.407 e. The standard InChI is InChI=1S/C37H34F2N6O4/c1-4-23-25(38)11-9-21-7-5-8-24(27(21)23)30-29(39)31-28-33(42-35(41-31)48-18-37-13-6-14-43(37)16-19(2)15-37)44-17-22-10-12-26(45(22)36(46)47)32(44)20(3)49-34(28)40-30/h1,5,7-9,11,20,22,26,32H,2,6,10,12-18H2,3H3,(H,46,47)/t20?,22?,26?,32?,37-/m1/s1. The quantitative estimate of drug-likeness (QED) is 0.216. The Bertz CT molecular complexity index is 2150. The van der Waals surface area contributed by atoms with Crippen LogP contribution < -0.4 is 14.4 Å². The van der Waals surface area contributed by atoms with Gasteiger partial charge in [-0.2, -0.15) is 9.97 Å². The molecule has 2 aromatic carbocycles. The topological polar surface area (TPSA) is 104 Å². The summed E-state index contributed by atoms with van der Waals surface area (Å²) in [7, 11) is 0.